The average molecular weight is 510 g/mol. The summed E-state index contributed by atoms with van der Waals surface area (Å²) in [5, 5.41) is 16.1. The maximum atomic E-state index is 12.5. The summed E-state index contributed by atoms with van der Waals surface area (Å²) in [6, 6.07) is 17.2. The fourth-order valence-corrected chi connectivity index (χ4v) is 4.39. The van der Waals surface area contributed by atoms with Crippen molar-refractivity contribution in [1.29, 1.82) is 0 Å². The fourth-order valence-electron chi connectivity index (χ4n) is 3.45. The molecule has 36 heavy (non-hydrogen) atoms. The summed E-state index contributed by atoms with van der Waals surface area (Å²) in [7, 11) is 0. The maximum Gasteiger partial charge on any atom is 0.396 e. The highest BCUT2D eigenvalue weighted by Gasteiger charge is 2.26. The van der Waals surface area contributed by atoms with Crippen LogP contribution in [0.2, 0.25) is 0 Å². The van der Waals surface area contributed by atoms with Gasteiger partial charge in [-0.1, -0.05) is 61.9 Å². The van der Waals surface area contributed by atoms with Crippen LogP contribution in [0.4, 0.5) is 5.82 Å². The molecule has 190 valence electrons. The summed E-state index contributed by atoms with van der Waals surface area (Å²) in [4.78, 5) is 27.6. The van der Waals surface area contributed by atoms with Gasteiger partial charge in [-0.2, -0.15) is 5.10 Å². The number of amides is 1. The van der Waals surface area contributed by atoms with Gasteiger partial charge in [0.05, 0.1) is 24.6 Å². The second kappa shape index (κ2) is 13.4. The predicted octanol–water partition coefficient (Wildman–Crippen LogP) is 5.35. The van der Waals surface area contributed by atoms with E-state index in [0.29, 0.717) is 29.7 Å². The molecule has 0 aliphatic rings. The standard InChI is InChI=1S/C26H31N5O4S/c1-4-5-9-16-35-23-14-12-22(13-15-23)19(2)28-29-24(32)18-36-26-25(31(33)34)27-20(3)30(26)17-21-10-7-6-8-11-21/h6-8,10-15H,4-5,9,16-18H2,1-3H3,(H,29,32). The third-order valence-corrected chi connectivity index (χ3v) is 6.51. The molecule has 1 amide bonds. The molecule has 1 heterocycles. The van der Waals surface area contributed by atoms with Crippen molar-refractivity contribution in [3.05, 3.63) is 81.7 Å². The first-order valence-corrected chi connectivity index (χ1v) is 12.8. The van der Waals surface area contributed by atoms with Gasteiger partial charge in [0.2, 0.25) is 11.7 Å². The summed E-state index contributed by atoms with van der Waals surface area (Å²) in [6.45, 7) is 6.78. The van der Waals surface area contributed by atoms with E-state index in [4.69, 9.17) is 4.74 Å². The van der Waals surface area contributed by atoms with Crippen molar-refractivity contribution < 1.29 is 14.5 Å². The minimum Gasteiger partial charge on any atom is -0.494 e. The summed E-state index contributed by atoms with van der Waals surface area (Å²) < 4.78 is 7.48. The smallest absolute Gasteiger partial charge is 0.396 e. The van der Waals surface area contributed by atoms with Gasteiger partial charge in [0.15, 0.2) is 5.03 Å². The van der Waals surface area contributed by atoms with Crippen LogP contribution >= 0.6 is 11.8 Å². The molecular weight excluding hydrogens is 478 g/mol. The number of carbonyl (C=O) groups excluding carboxylic acids is 1. The number of benzene rings is 2. The number of ether oxygens (including phenoxy) is 1. The van der Waals surface area contributed by atoms with Gasteiger partial charge < -0.3 is 14.9 Å². The largest absolute Gasteiger partial charge is 0.494 e. The van der Waals surface area contributed by atoms with Crippen molar-refractivity contribution in [2.75, 3.05) is 12.4 Å². The van der Waals surface area contributed by atoms with Gasteiger partial charge in [-0.05, 0) is 58.6 Å². The monoisotopic (exact) mass is 509 g/mol. The van der Waals surface area contributed by atoms with Crippen LogP contribution in [0.3, 0.4) is 0 Å². The first kappa shape index (κ1) is 26.9. The topological polar surface area (TPSA) is 112 Å². The molecular formula is C26H31N5O4S. The van der Waals surface area contributed by atoms with E-state index in [1.54, 1.807) is 18.4 Å². The molecule has 0 saturated carbocycles. The lowest BCUT2D eigenvalue weighted by atomic mass is 10.1. The van der Waals surface area contributed by atoms with Crippen LogP contribution in [0.25, 0.3) is 0 Å². The Morgan fingerprint density at radius 2 is 1.89 bits per heavy atom. The molecule has 0 bridgehead atoms. The SMILES string of the molecule is CCCCCOc1ccc(C(C)=NNC(=O)CSc2c([N+](=O)[O-])nc(C)n2Cc2ccccc2)cc1. The third-order valence-electron chi connectivity index (χ3n) is 5.43. The van der Waals surface area contributed by atoms with E-state index in [1.807, 2.05) is 54.6 Å². The number of unbranched alkanes of at least 4 members (excludes halogenated alkanes) is 2. The number of rotatable bonds is 13. The zero-order valence-electron chi connectivity index (χ0n) is 20.8. The molecule has 1 N–H and O–H groups in total. The van der Waals surface area contributed by atoms with E-state index in [9.17, 15) is 14.9 Å². The lowest BCUT2D eigenvalue weighted by Crippen LogP contribution is -2.21. The summed E-state index contributed by atoms with van der Waals surface area (Å²) in [6.07, 6.45) is 3.32. The van der Waals surface area contributed by atoms with Crippen LogP contribution in [0, 0.1) is 17.0 Å². The first-order valence-electron chi connectivity index (χ1n) is 11.8. The van der Waals surface area contributed by atoms with Crippen LogP contribution in [0.1, 0.15) is 50.1 Å². The number of carbonyl (C=O) groups is 1. The molecule has 0 unspecified atom stereocenters. The second-order valence-electron chi connectivity index (χ2n) is 8.22. The number of imidazole rings is 1. The van der Waals surface area contributed by atoms with Crippen molar-refractivity contribution in [3.63, 3.8) is 0 Å². The minimum absolute atomic E-state index is 0.0396. The Morgan fingerprint density at radius 1 is 1.17 bits per heavy atom. The number of aromatic nitrogens is 2. The maximum absolute atomic E-state index is 12.5. The predicted molar refractivity (Wildman–Crippen MR) is 142 cm³/mol. The molecule has 1 aromatic heterocycles. The van der Waals surface area contributed by atoms with E-state index in [2.05, 4.69) is 22.4 Å². The van der Waals surface area contributed by atoms with Gasteiger partial charge >= 0.3 is 5.82 Å². The molecule has 0 aliphatic heterocycles. The van der Waals surface area contributed by atoms with Gasteiger partial charge in [0, 0.05) is 6.92 Å². The molecule has 0 fully saturated rings. The van der Waals surface area contributed by atoms with Crippen LogP contribution in [0.5, 0.6) is 5.75 Å². The zero-order valence-corrected chi connectivity index (χ0v) is 21.6. The lowest BCUT2D eigenvalue weighted by Gasteiger charge is -2.09. The first-order chi connectivity index (χ1) is 17.4. The van der Waals surface area contributed by atoms with E-state index in [-0.39, 0.29) is 17.5 Å². The van der Waals surface area contributed by atoms with Gasteiger partial charge in [0.25, 0.3) is 0 Å². The molecule has 0 spiro atoms. The van der Waals surface area contributed by atoms with E-state index >= 15 is 0 Å². The summed E-state index contributed by atoms with van der Waals surface area (Å²) in [5.41, 5.74) is 5.02. The molecule has 0 atom stereocenters. The van der Waals surface area contributed by atoms with Crippen LogP contribution in [-0.2, 0) is 11.3 Å². The van der Waals surface area contributed by atoms with Crippen molar-refractivity contribution in [2.24, 2.45) is 5.10 Å². The molecule has 2 aromatic carbocycles. The number of nitrogens with one attached hydrogen (secondary N) is 1. The summed E-state index contributed by atoms with van der Waals surface area (Å²) in [5.74, 6) is 0.655. The normalized spacial score (nSPS) is 11.4. The number of hydrogen-bond acceptors (Lipinski definition) is 7. The van der Waals surface area contributed by atoms with Gasteiger partial charge in [-0.25, -0.2) is 5.43 Å². The lowest BCUT2D eigenvalue weighted by molar-refractivity contribution is -0.392. The molecule has 9 nitrogen and oxygen atoms in total. The Bertz CT molecular complexity index is 1190. The molecule has 3 aromatic rings. The van der Waals surface area contributed by atoms with Gasteiger partial charge in [-0.15, -0.1) is 0 Å². The number of hydrazone groups is 1. The molecule has 0 radical (unpaired) electrons. The van der Waals surface area contributed by atoms with Crippen molar-refractivity contribution in [1.82, 2.24) is 15.0 Å². The Kier molecular flexibility index (Phi) is 10.1. The fraction of sp³-hybridized carbons (Fsp3) is 0.346. The minimum atomic E-state index is -0.520. The number of nitro groups is 1. The Labute approximate surface area is 215 Å². The average Bonchev–Trinajstić information content (AvgIpc) is 3.20. The molecule has 3 rings (SSSR count). The zero-order chi connectivity index (χ0) is 25.9. The Balaban J connectivity index is 1.60. The number of hydrogen-bond donors (Lipinski definition) is 1. The van der Waals surface area contributed by atoms with Crippen LogP contribution < -0.4 is 10.2 Å². The van der Waals surface area contributed by atoms with Gasteiger partial charge in [-0.3, -0.25) is 9.36 Å². The molecule has 0 aliphatic carbocycles. The van der Waals surface area contributed by atoms with Crippen LogP contribution in [0.15, 0.2) is 64.7 Å². The Morgan fingerprint density at radius 3 is 2.56 bits per heavy atom. The van der Waals surface area contributed by atoms with Crippen LogP contribution in [-0.4, -0.2) is 38.5 Å². The van der Waals surface area contributed by atoms with Gasteiger partial charge in [0.1, 0.15) is 5.75 Å². The highest BCUT2D eigenvalue weighted by Crippen LogP contribution is 2.30. The number of nitrogens with zero attached hydrogens (tertiary/aromatic N) is 4. The summed E-state index contributed by atoms with van der Waals surface area (Å²) >= 11 is 1.07. The van der Waals surface area contributed by atoms with E-state index in [0.717, 1.165) is 47.9 Å². The van der Waals surface area contributed by atoms with E-state index < -0.39 is 4.92 Å². The Hall–Kier alpha value is -3.66. The number of aryl methyl sites for hydroxylation is 1. The van der Waals surface area contributed by atoms with Crippen molar-refractivity contribution in [3.8, 4) is 5.75 Å². The highest BCUT2D eigenvalue weighted by atomic mass is 32.2. The van der Waals surface area contributed by atoms with E-state index in [1.165, 1.54) is 0 Å². The highest BCUT2D eigenvalue weighted by molar-refractivity contribution is 8.00. The second-order valence-corrected chi connectivity index (χ2v) is 9.18. The molecule has 10 heteroatoms. The van der Waals surface area contributed by atoms with Crippen molar-refractivity contribution in [2.45, 2.75) is 51.6 Å². The third kappa shape index (κ3) is 7.67. The molecule has 0 saturated heterocycles. The quantitative estimate of drug-likeness (QED) is 0.109. The number of thioether (sulfide) groups is 1. The van der Waals surface area contributed by atoms with Crippen molar-refractivity contribution >= 4 is 29.2 Å².